The van der Waals surface area contributed by atoms with Crippen LogP contribution in [0, 0.1) is 17.3 Å². The molecule has 2 saturated carbocycles. The number of benzene rings is 1. The molecule has 1 aromatic carbocycles. The normalized spacial score (nSPS) is 35.4. The second-order valence-corrected chi connectivity index (χ2v) is 8.54. The average molecular weight is 360 g/mol. The quantitative estimate of drug-likeness (QED) is 0.835. The first-order valence-electron chi connectivity index (χ1n) is 10.3. The molecule has 0 amide bonds. The maximum absolute atomic E-state index is 10.6. The molecule has 3 aliphatic rings. The highest BCUT2D eigenvalue weighted by atomic mass is 16.5. The summed E-state index contributed by atoms with van der Waals surface area (Å²) >= 11 is 0. The SMILES string of the molecule is CCOc1cc2c(c(OCC)c1O)CCC1C2CCC2(C)C(O)CCC12. The van der Waals surface area contributed by atoms with Crippen LogP contribution in [-0.2, 0) is 6.42 Å². The van der Waals surface area contributed by atoms with E-state index in [9.17, 15) is 10.2 Å². The average Bonchev–Trinajstić information content (AvgIpc) is 2.94. The Hall–Kier alpha value is -1.42. The highest BCUT2D eigenvalue weighted by Crippen LogP contribution is 2.62. The summed E-state index contributed by atoms with van der Waals surface area (Å²) in [6.07, 6.45) is 6.18. The fourth-order valence-electron chi connectivity index (χ4n) is 6.20. The van der Waals surface area contributed by atoms with E-state index in [2.05, 4.69) is 13.0 Å². The Morgan fingerprint density at radius 3 is 2.62 bits per heavy atom. The number of phenolic OH excluding ortho intramolecular Hbond substituents is 1. The van der Waals surface area contributed by atoms with Crippen LogP contribution in [-0.4, -0.2) is 29.5 Å². The van der Waals surface area contributed by atoms with E-state index in [0.717, 1.165) is 38.5 Å². The van der Waals surface area contributed by atoms with Crippen LogP contribution in [0.25, 0.3) is 0 Å². The van der Waals surface area contributed by atoms with E-state index in [1.807, 2.05) is 13.8 Å². The summed E-state index contributed by atoms with van der Waals surface area (Å²) in [7, 11) is 0. The second-order valence-electron chi connectivity index (χ2n) is 8.54. The molecule has 4 heteroatoms. The van der Waals surface area contributed by atoms with Crippen molar-refractivity contribution in [3.05, 3.63) is 17.2 Å². The highest BCUT2D eigenvalue weighted by Gasteiger charge is 2.54. The maximum atomic E-state index is 10.6. The van der Waals surface area contributed by atoms with Gasteiger partial charge < -0.3 is 19.7 Å². The van der Waals surface area contributed by atoms with Gasteiger partial charge in [0.2, 0.25) is 5.75 Å². The smallest absolute Gasteiger partial charge is 0.201 e. The van der Waals surface area contributed by atoms with E-state index in [1.165, 1.54) is 11.1 Å². The predicted molar refractivity (Wildman–Crippen MR) is 101 cm³/mol. The van der Waals surface area contributed by atoms with Gasteiger partial charge in [-0.15, -0.1) is 0 Å². The number of aliphatic hydroxyl groups excluding tert-OH is 1. The number of rotatable bonds is 4. The van der Waals surface area contributed by atoms with Crippen LogP contribution >= 0.6 is 0 Å². The van der Waals surface area contributed by atoms with Gasteiger partial charge in [-0.05, 0) is 87.2 Å². The molecule has 5 unspecified atom stereocenters. The minimum atomic E-state index is -0.146. The molecule has 2 N–H and O–H groups in total. The third-order valence-corrected chi connectivity index (χ3v) is 7.46. The number of fused-ring (bicyclic) bond motifs is 5. The zero-order valence-electron chi connectivity index (χ0n) is 16.3. The minimum absolute atomic E-state index is 0.0844. The highest BCUT2D eigenvalue weighted by molar-refractivity contribution is 5.60. The van der Waals surface area contributed by atoms with Gasteiger partial charge in [-0.1, -0.05) is 6.92 Å². The summed E-state index contributed by atoms with van der Waals surface area (Å²) in [5.74, 6) is 3.04. The van der Waals surface area contributed by atoms with Gasteiger partial charge in [0.15, 0.2) is 11.5 Å². The van der Waals surface area contributed by atoms with Gasteiger partial charge in [-0.25, -0.2) is 0 Å². The molecule has 3 aliphatic carbocycles. The molecule has 0 radical (unpaired) electrons. The van der Waals surface area contributed by atoms with Crippen molar-refractivity contribution in [1.82, 2.24) is 0 Å². The van der Waals surface area contributed by atoms with Crippen LogP contribution < -0.4 is 9.47 Å². The predicted octanol–water partition coefficient (Wildman–Crippen LogP) is 4.41. The van der Waals surface area contributed by atoms with Crippen molar-refractivity contribution < 1.29 is 19.7 Å². The van der Waals surface area contributed by atoms with Crippen molar-refractivity contribution in [3.8, 4) is 17.2 Å². The van der Waals surface area contributed by atoms with Crippen LogP contribution in [0.2, 0.25) is 0 Å². The Morgan fingerprint density at radius 2 is 1.88 bits per heavy atom. The molecule has 0 spiro atoms. The van der Waals surface area contributed by atoms with Gasteiger partial charge in [-0.2, -0.15) is 0 Å². The van der Waals surface area contributed by atoms with E-state index in [-0.39, 0.29) is 17.3 Å². The monoisotopic (exact) mass is 360 g/mol. The zero-order valence-corrected chi connectivity index (χ0v) is 16.3. The second kappa shape index (κ2) is 6.63. The number of aromatic hydroxyl groups is 1. The summed E-state index contributed by atoms with van der Waals surface area (Å²) in [4.78, 5) is 0. The van der Waals surface area contributed by atoms with E-state index in [4.69, 9.17) is 9.47 Å². The standard InChI is InChI=1S/C22H32O4/c1-4-25-18-12-16-13-10-11-22(3)17(8-9-19(22)23)14(13)6-7-15(16)21(20(18)24)26-5-2/h12-14,17,19,23-24H,4-11H2,1-3H3. The van der Waals surface area contributed by atoms with E-state index >= 15 is 0 Å². The van der Waals surface area contributed by atoms with Gasteiger partial charge in [0.1, 0.15) is 0 Å². The number of phenols is 1. The number of ether oxygens (including phenoxy) is 2. The van der Waals surface area contributed by atoms with E-state index in [0.29, 0.717) is 42.5 Å². The van der Waals surface area contributed by atoms with Gasteiger partial charge >= 0.3 is 0 Å². The van der Waals surface area contributed by atoms with Crippen LogP contribution in [0.1, 0.15) is 69.9 Å². The Morgan fingerprint density at radius 1 is 1.12 bits per heavy atom. The topological polar surface area (TPSA) is 58.9 Å². The summed E-state index contributed by atoms with van der Waals surface area (Å²) in [5.41, 5.74) is 2.58. The van der Waals surface area contributed by atoms with Crippen LogP contribution in [0.15, 0.2) is 6.07 Å². The van der Waals surface area contributed by atoms with Crippen molar-refractivity contribution in [2.24, 2.45) is 17.3 Å². The molecule has 144 valence electrons. The van der Waals surface area contributed by atoms with Crippen molar-refractivity contribution in [1.29, 1.82) is 0 Å². The van der Waals surface area contributed by atoms with Crippen molar-refractivity contribution in [2.75, 3.05) is 13.2 Å². The van der Waals surface area contributed by atoms with Crippen LogP contribution in [0.3, 0.4) is 0 Å². The molecule has 5 atom stereocenters. The number of hydrogen-bond donors (Lipinski definition) is 2. The lowest BCUT2D eigenvalue weighted by atomic mass is 9.55. The molecule has 4 nitrogen and oxygen atoms in total. The fourth-order valence-corrected chi connectivity index (χ4v) is 6.20. The first-order valence-corrected chi connectivity index (χ1v) is 10.3. The Kier molecular flexibility index (Phi) is 4.58. The fraction of sp³-hybridized carbons (Fsp3) is 0.727. The lowest BCUT2D eigenvalue weighted by molar-refractivity contribution is -0.0227. The first kappa shape index (κ1) is 18.0. The molecular weight excluding hydrogens is 328 g/mol. The molecule has 26 heavy (non-hydrogen) atoms. The number of hydrogen-bond acceptors (Lipinski definition) is 4. The van der Waals surface area contributed by atoms with Gasteiger partial charge in [-0.3, -0.25) is 0 Å². The van der Waals surface area contributed by atoms with Gasteiger partial charge in [0, 0.05) is 5.56 Å². The Bertz CT molecular complexity index is 685. The zero-order chi connectivity index (χ0) is 18.5. The van der Waals surface area contributed by atoms with Crippen molar-refractivity contribution in [2.45, 2.75) is 71.3 Å². The lowest BCUT2D eigenvalue weighted by Crippen LogP contribution is -2.44. The summed E-state index contributed by atoms with van der Waals surface area (Å²) in [6, 6.07) is 2.07. The lowest BCUT2D eigenvalue weighted by Gasteiger charge is -2.50. The number of aliphatic hydroxyl groups is 1. The van der Waals surface area contributed by atoms with Crippen molar-refractivity contribution >= 4 is 0 Å². The van der Waals surface area contributed by atoms with Gasteiger partial charge in [0.25, 0.3) is 0 Å². The molecular formula is C22H32O4. The van der Waals surface area contributed by atoms with Gasteiger partial charge in [0.05, 0.1) is 19.3 Å². The molecule has 0 aliphatic heterocycles. The molecule has 1 aromatic rings. The van der Waals surface area contributed by atoms with Crippen molar-refractivity contribution in [3.63, 3.8) is 0 Å². The van der Waals surface area contributed by atoms with E-state index < -0.39 is 0 Å². The van der Waals surface area contributed by atoms with Crippen LogP contribution in [0.5, 0.6) is 17.2 Å². The summed E-state index contributed by atoms with van der Waals surface area (Å²) < 4.78 is 11.6. The summed E-state index contributed by atoms with van der Waals surface area (Å²) in [5, 5.41) is 21.2. The third kappa shape index (κ3) is 2.52. The molecule has 0 heterocycles. The molecule has 0 bridgehead atoms. The molecule has 0 saturated heterocycles. The molecule has 0 aromatic heterocycles. The first-order chi connectivity index (χ1) is 12.5. The summed E-state index contributed by atoms with van der Waals surface area (Å²) in [6.45, 7) is 7.26. The largest absolute Gasteiger partial charge is 0.502 e. The maximum Gasteiger partial charge on any atom is 0.201 e. The molecule has 2 fully saturated rings. The minimum Gasteiger partial charge on any atom is -0.502 e. The van der Waals surface area contributed by atoms with E-state index in [1.54, 1.807) is 0 Å². The van der Waals surface area contributed by atoms with Crippen LogP contribution in [0.4, 0.5) is 0 Å². The Labute approximate surface area is 156 Å². The Balaban J connectivity index is 1.76. The molecule has 4 rings (SSSR count). The third-order valence-electron chi connectivity index (χ3n) is 7.46.